The van der Waals surface area contributed by atoms with E-state index in [-0.39, 0.29) is 98.9 Å². The van der Waals surface area contributed by atoms with Crippen molar-refractivity contribution in [3.63, 3.8) is 0 Å². The molecule has 9 rings (SSSR count). The molecule has 0 aliphatic heterocycles. The van der Waals surface area contributed by atoms with Gasteiger partial charge < -0.3 is 47.9 Å². The van der Waals surface area contributed by atoms with Gasteiger partial charge in [0.05, 0.1) is 0 Å². The largest absolute Gasteiger partial charge is 0.351 e. The number of carbonyl (C=O) groups is 9. The first kappa shape index (κ1) is 53.6. The van der Waals surface area contributed by atoms with Gasteiger partial charge in [0.1, 0.15) is 0 Å². The van der Waals surface area contributed by atoms with Crippen molar-refractivity contribution in [1.29, 1.82) is 0 Å². The fourth-order valence-electron chi connectivity index (χ4n) is 6.03. The van der Waals surface area contributed by atoms with E-state index in [2.05, 4.69) is 47.9 Å². The minimum atomic E-state index is -2.03. The maximum absolute atomic E-state index is 11.5. The Morgan fingerprint density at radius 2 is 0.444 bits per heavy atom. The minimum Gasteiger partial charge on any atom is -0.351 e. The van der Waals surface area contributed by atoms with Crippen LogP contribution in [0.1, 0.15) is 331 Å². The number of hydrogen-bond donors (Lipinski definition) is 9. The molecule has 18 heteroatoms. The lowest BCUT2D eigenvalue weighted by molar-refractivity contribution is -0.124. The van der Waals surface area contributed by atoms with Gasteiger partial charge in [0, 0.05) is 132 Å². The highest BCUT2D eigenvalue weighted by molar-refractivity contribution is 5.85. The third-order valence-electron chi connectivity index (χ3n) is 10.6. The number of rotatable bonds is 9. The van der Waals surface area contributed by atoms with Crippen LogP contribution in [0.15, 0.2) is 0 Å². The van der Waals surface area contributed by atoms with Crippen LogP contribution >= 0.6 is 0 Å². The van der Waals surface area contributed by atoms with Gasteiger partial charge in [-0.25, -0.2) is 0 Å². The summed E-state index contributed by atoms with van der Waals surface area (Å²) in [5, 5.41) is 24.4. The molecule has 0 spiro atoms. The van der Waals surface area contributed by atoms with Crippen LogP contribution < -0.4 is 47.9 Å². The lowest BCUT2D eigenvalue weighted by Gasteiger charge is -2.20. The van der Waals surface area contributed by atoms with Gasteiger partial charge in [-0.2, -0.15) is 0 Å². The third-order valence-corrected chi connectivity index (χ3v) is 10.6. The maximum atomic E-state index is 11.5. The zero-order valence-electron chi connectivity index (χ0n) is 80.8. The fourth-order valence-corrected chi connectivity index (χ4v) is 6.03. The molecule has 9 aliphatic carbocycles. The van der Waals surface area contributed by atoms with Crippen molar-refractivity contribution in [2.75, 3.05) is 0 Å². The van der Waals surface area contributed by atoms with E-state index in [1.54, 1.807) is 20.8 Å². The Bertz CT molecular complexity index is 3200. The summed E-state index contributed by atoms with van der Waals surface area (Å²) >= 11 is 0. The van der Waals surface area contributed by atoms with Crippen LogP contribution in [0.4, 0.5) is 0 Å². The Morgan fingerprint density at radius 3 is 0.644 bits per heavy atom. The normalized spacial score (nSPS) is 36.6. The molecule has 522 valence electrons. The van der Waals surface area contributed by atoms with E-state index < -0.39 is 140 Å². The smallest absolute Gasteiger partial charge is 0.223 e. The van der Waals surface area contributed by atoms with Gasteiger partial charge in [-0.1, -0.05) is 0 Å². The Hall–Kier alpha value is -4.77. The molecule has 18 nitrogen and oxygen atoms in total. The molecule has 0 aromatic carbocycles. The molecule has 12 unspecified atom stereocenters. The molecule has 9 amide bonds. The summed E-state index contributed by atoms with van der Waals surface area (Å²) in [6.07, 6.45) is -10.8. The molecule has 0 radical (unpaired) electrons. The molecular weight excluding hydrogens is 1130 g/mol. The average Bonchev–Trinajstić information content (AvgIpc) is 1.53. The second-order valence-corrected chi connectivity index (χ2v) is 32.7. The van der Waals surface area contributed by atoms with Crippen molar-refractivity contribution in [2.24, 2.45) is 53.2 Å². The second kappa shape index (κ2) is 34.4. The van der Waals surface area contributed by atoms with Crippen molar-refractivity contribution in [3.05, 3.63) is 0 Å². The van der Waals surface area contributed by atoms with E-state index in [1.165, 1.54) is 0 Å². The Morgan fingerprint density at radius 1 is 0.222 bits per heavy atom. The summed E-state index contributed by atoms with van der Waals surface area (Å²) in [5.74, 6) is -9.55. The lowest BCUT2D eigenvalue weighted by Crippen LogP contribution is -2.41. The van der Waals surface area contributed by atoms with Gasteiger partial charge in [-0.05, 0) is 302 Å². The Kier molecular flexibility index (Phi) is 20.5. The van der Waals surface area contributed by atoms with Gasteiger partial charge >= 0.3 is 0 Å². The number of carbonyl (C=O) groups excluding carboxylic acids is 9. The molecule has 0 aromatic rings. The molecule has 9 aliphatic rings. The quantitative estimate of drug-likeness (QED) is 0.106. The van der Waals surface area contributed by atoms with Gasteiger partial charge in [0.2, 0.25) is 53.2 Å². The number of nitrogens with one attached hydrogen (secondary N) is 9. The van der Waals surface area contributed by atoms with Gasteiger partial charge in [-0.15, -0.1) is 0 Å². The van der Waals surface area contributed by atoms with Crippen LogP contribution in [0.25, 0.3) is 0 Å². The van der Waals surface area contributed by atoms with Crippen molar-refractivity contribution >= 4 is 53.2 Å². The van der Waals surface area contributed by atoms with E-state index in [4.69, 9.17) is 28.8 Å². The van der Waals surface area contributed by atoms with Gasteiger partial charge in [0.15, 0.2) is 0 Å². The first-order chi connectivity index (χ1) is 48.4. The van der Waals surface area contributed by atoms with E-state index in [1.807, 2.05) is 166 Å². The van der Waals surface area contributed by atoms with E-state index in [0.717, 1.165) is 19.3 Å². The van der Waals surface area contributed by atoms with Crippen LogP contribution in [-0.4, -0.2) is 103 Å². The summed E-state index contributed by atoms with van der Waals surface area (Å²) in [6, 6.07) is 0. The molecule has 0 saturated heterocycles. The van der Waals surface area contributed by atoms with E-state index in [0.29, 0.717) is 12.8 Å². The SMILES string of the molecule is [2H]C1(C(=O)NC(C)(C)C)CC1.[2H]C1([2H])C(C(=O)NC(C)(C)C)C1([2H])[2H].[2H]C1([2H])CC1([2H])C(=O)NC(C)(C)C.[2H]C1([2H])CC1C(=O)NC(C)(C)C.[2H]C1C(C(=O)NC(C)(C)C)C1([2H])[2H].[2H]C1C(C(=O)NC(C)(C)C)C1([2H])[2H].[2H]C1C([2H])C1C(=O)NC(C)(C)C.[2H]C1CC1([2H])C(=O)NC(C)(C)C.[2H]C1CC1C(=O)NC(C)(C)C. The second-order valence-electron chi connectivity index (χ2n) is 32.7. The highest BCUT2D eigenvalue weighted by Gasteiger charge is 2.37. The average molecular weight is 1290 g/mol. The zero-order chi connectivity index (χ0) is 88.7. The summed E-state index contributed by atoms with van der Waals surface area (Å²) in [6.45, 7) is 50.4. The zero-order valence-corrected chi connectivity index (χ0v) is 59.8. The predicted molar refractivity (Wildman–Crippen MR) is 366 cm³/mol. The minimum absolute atomic E-state index is 0.00190. The third kappa shape index (κ3) is 52.8. The predicted octanol–water partition coefficient (Wildman–Crippen LogP) is 11.8. The molecule has 0 aromatic heterocycles. The summed E-state index contributed by atoms with van der Waals surface area (Å²) in [4.78, 5) is 102. The number of hydrogen-bond acceptors (Lipinski definition) is 9. The molecule has 0 bridgehead atoms. The molecule has 9 fully saturated rings. The monoisotopic (exact) mass is 1290 g/mol. The molecular formula is C72H135N9O9. The lowest BCUT2D eigenvalue weighted by atomic mass is 10.1. The van der Waals surface area contributed by atoms with Crippen molar-refractivity contribution in [3.8, 4) is 0 Å². The van der Waals surface area contributed by atoms with Crippen molar-refractivity contribution in [1.82, 2.24) is 47.9 Å². The van der Waals surface area contributed by atoms with Crippen LogP contribution in [0.5, 0.6) is 0 Å². The highest BCUT2D eigenvalue weighted by atomic mass is 16.2. The maximum Gasteiger partial charge on any atom is 0.223 e. The van der Waals surface area contributed by atoms with Crippen LogP contribution in [-0.2, 0) is 43.2 Å². The Labute approximate surface area is 577 Å². The standard InChI is InChI=1S/9C8H15NO/c9*1-8(2,3)9-7(10)6-4-5-6/h9*6H,4-5H2,1-3H3,(H,9,10)/i4D2,6D;4D,6D;4D2,5D2;2*4D,5D2;4D,5D;6D;4D2;4D. The molecule has 12 atom stereocenters. The van der Waals surface area contributed by atoms with Crippen LogP contribution in [0, 0.1) is 53.2 Å². The van der Waals surface area contributed by atoms with E-state index in [9.17, 15) is 43.2 Å². The van der Waals surface area contributed by atoms with E-state index >= 15 is 0 Å². The van der Waals surface area contributed by atoms with Gasteiger partial charge in [0.25, 0.3) is 0 Å². The number of amides is 9. The van der Waals surface area contributed by atoms with Crippen molar-refractivity contribution in [2.45, 2.75) is 352 Å². The highest BCUT2D eigenvalue weighted by Crippen LogP contribution is 2.34. The fraction of sp³-hybridized carbons (Fsp3) is 0.875. The van der Waals surface area contributed by atoms with Gasteiger partial charge in [-0.3, -0.25) is 43.2 Å². The van der Waals surface area contributed by atoms with Crippen LogP contribution in [0.2, 0.25) is 0 Å². The molecule has 9 N–H and O–H groups in total. The Balaban J connectivity index is 0.000000625. The molecule has 0 heterocycles. The van der Waals surface area contributed by atoms with Crippen LogP contribution in [0.3, 0.4) is 0 Å². The topological polar surface area (TPSA) is 262 Å². The summed E-state index contributed by atoms with van der Waals surface area (Å²) < 4.78 is 153. The first-order valence-electron chi connectivity index (χ1n) is 42.3. The molecule has 90 heavy (non-hydrogen) atoms. The summed E-state index contributed by atoms with van der Waals surface area (Å²) in [5.41, 5.74) is -2.71. The molecule has 9 saturated carbocycles. The first-order valence-corrected chi connectivity index (χ1v) is 31.4. The summed E-state index contributed by atoms with van der Waals surface area (Å²) in [7, 11) is 0. The van der Waals surface area contributed by atoms with Crippen molar-refractivity contribution < 1.29 is 71.9 Å².